The van der Waals surface area contributed by atoms with Crippen molar-refractivity contribution in [2.45, 2.75) is 112 Å². The maximum absolute atomic E-state index is 15.6. The highest BCUT2D eigenvalue weighted by molar-refractivity contribution is 6.42. The predicted molar refractivity (Wildman–Crippen MR) is 173 cm³/mol. The molecular formula is C38H52O7. The zero-order chi connectivity index (χ0) is 34.1. The Morgan fingerprint density at radius 2 is 1.56 bits per heavy atom. The monoisotopic (exact) mass is 620 g/mol. The first-order valence-corrected chi connectivity index (χ1v) is 16.2. The third-order valence-electron chi connectivity index (χ3n) is 11.8. The second-order valence-corrected chi connectivity index (χ2v) is 16.2. The van der Waals surface area contributed by atoms with Gasteiger partial charge >= 0.3 is 0 Å². The number of Topliss-reactive ketones (excluding diaryl/α,β-unsaturated/α-hetero) is 4. The van der Waals surface area contributed by atoms with E-state index in [1.807, 2.05) is 40.7 Å². The van der Waals surface area contributed by atoms with Crippen molar-refractivity contribution < 1.29 is 34.5 Å². The molecule has 7 nitrogen and oxygen atoms in total. The van der Waals surface area contributed by atoms with Crippen molar-refractivity contribution in [3.8, 4) is 0 Å². The number of carbonyl (C=O) groups is 4. The van der Waals surface area contributed by atoms with Gasteiger partial charge in [0.05, 0.1) is 28.1 Å². The van der Waals surface area contributed by atoms with E-state index in [-0.39, 0.29) is 30.7 Å². The minimum Gasteiger partial charge on any atom is -0.390 e. The van der Waals surface area contributed by atoms with E-state index < -0.39 is 80.4 Å². The first kappa shape index (κ1) is 35.1. The van der Waals surface area contributed by atoms with Gasteiger partial charge in [-0.25, -0.2) is 0 Å². The Bertz CT molecular complexity index is 1430. The van der Waals surface area contributed by atoms with Crippen LogP contribution in [0.15, 0.2) is 54.1 Å². The van der Waals surface area contributed by atoms with Crippen LogP contribution in [0.2, 0.25) is 0 Å². The second-order valence-electron chi connectivity index (χ2n) is 16.2. The number of aliphatic hydroxyl groups is 3. The van der Waals surface area contributed by atoms with E-state index in [4.69, 9.17) is 0 Å². The van der Waals surface area contributed by atoms with Gasteiger partial charge in [-0.1, -0.05) is 68.0 Å². The Morgan fingerprint density at radius 1 is 0.978 bits per heavy atom. The van der Waals surface area contributed by atoms with Crippen molar-refractivity contribution in [2.24, 2.45) is 39.4 Å². The topological polar surface area (TPSA) is 129 Å². The van der Waals surface area contributed by atoms with Gasteiger partial charge in [-0.05, 0) is 97.8 Å². The molecule has 0 radical (unpaired) electrons. The van der Waals surface area contributed by atoms with Gasteiger partial charge in [-0.2, -0.15) is 0 Å². The second kappa shape index (κ2) is 11.2. The zero-order valence-corrected chi connectivity index (χ0v) is 28.5. The smallest absolute Gasteiger partial charge is 0.184 e. The van der Waals surface area contributed by atoms with Crippen molar-refractivity contribution >= 4 is 23.1 Å². The van der Waals surface area contributed by atoms with Crippen molar-refractivity contribution in [3.63, 3.8) is 0 Å². The number of allylic oxidation sites excluding steroid dienone is 3. The summed E-state index contributed by atoms with van der Waals surface area (Å²) in [6.45, 7) is 19.5. The highest BCUT2D eigenvalue weighted by atomic mass is 16.3. The summed E-state index contributed by atoms with van der Waals surface area (Å²) in [6.07, 6.45) is 0.952. The number of carbonyl (C=O) groups excluding carboxylic acids is 4. The molecule has 4 aliphatic carbocycles. The normalized spacial score (nSPS) is 32.2. The van der Waals surface area contributed by atoms with E-state index in [9.17, 15) is 15.3 Å². The van der Waals surface area contributed by atoms with Crippen LogP contribution < -0.4 is 0 Å². The summed E-state index contributed by atoms with van der Waals surface area (Å²) in [5, 5.41) is 34.2. The average molecular weight is 621 g/mol. The summed E-state index contributed by atoms with van der Waals surface area (Å²) in [5.74, 6) is -4.75. The number of rotatable bonds is 11. The molecule has 3 N–H and O–H groups in total. The highest BCUT2D eigenvalue weighted by Gasteiger charge is 2.84. The van der Waals surface area contributed by atoms with Crippen molar-refractivity contribution in [1.29, 1.82) is 0 Å². The molecule has 7 heteroatoms. The standard InChI is InChI=1S/C38H52O7/c1-22(2)16-17-25(23(3)4)19-36-20-26-18-27(34(7,8)44)38(31(36)42,29(40)24-14-12-11-13-15-24)32(43)37(30(36)41,33(26,5)6)21-28(39)35(9,10)45/h11-16,25-28,39,44-45H,3,17-21H2,1-2,4-10H3/t25-,26+,27-,28?,36+,37-,38+/m0/s1. The van der Waals surface area contributed by atoms with Gasteiger partial charge in [0, 0.05) is 11.5 Å². The Labute approximate surface area is 268 Å². The lowest BCUT2D eigenvalue weighted by Gasteiger charge is -2.62. The van der Waals surface area contributed by atoms with Gasteiger partial charge in [-0.15, -0.1) is 0 Å². The fourth-order valence-corrected chi connectivity index (χ4v) is 8.90. The summed E-state index contributed by atoms with van der Waals surface area (Å²) < 4.78 is 0. The molecule has 0 aliphatic heterocycles. The Kier molecular flexibility index (Phi) is 8.74. The SMILES string of the molecule is C=C(C)[C@@H](CC=C(C)C)C[C@]12C[C@H]3C[C@@H](C(C)(C)O)[C@@](C(=O)c4ccccc4)(C1=O)C(=O)[C@](CC(O)C(C)(C)O)(C2=O)C3(C)C. The number of hydrogen-bond acceptors (Lipinski definition) is 7. The number of aliphatic hydroxyl groups excluding tert-OH is 1. The summed E-state index contributed by atoms with van der Waals surface area (Å²) in [6, 6.07) is 8.16. The van der Waals surface area contributed by atoms with Gasteiger partial charge in [0.15, 0.2) is 28.5 Å². The third kappa shape index (κ3) is 5.05. The van der Waals surface area contributed by atoms with Crippen molar-refractivity contribution in [3.05, 3.63) is 59.7 Å². The first-order valence-electron chi connectivity index (χ1n) is 16.2. The molecule has 45 heavy (non-hydrogen) atoms. The number of benzene rings is 1. The molecule has 0 saturated heterocycles. The maximum Gasteiger partial charge on any atom is 0.184 e. The molecule has 4 aliphatic rings. The molecule has 5 rings (SSSR count). The Balaban J connectivity index is 2.16. The van der Waals surface area contributed by atoms with Crippen LogP contribution in [0.1, 0.15) is 105 Å². The summed E-state index contributed by atoms with van der Waals surface area (Å²) in [7, 11) is 0. The third-order valence-corrected chi connectivity index (χ3v) is 11.8. The van der Waals surface area contributed by atoms with Gasteiger partial charge in [0.1, 0.15) is 0 Å². The van der Waals surface area contributed by atoms with E-state index in [0.717, 1.165) is 11.1 Å². The van der Waals surface area contributed by atoms with Gasteiger partial charge in [0.25, 0.3) is 0 Å². The molecule has 7 atom stereocenters. The molecule has 1 aromatic carbocycles. The molecule has 1 unspecified atom stereocenters. The Hall–Kier alpha value is -2.74. The van der Waals surface area contributed by atoms with Crippen LogP contribution in [0, 0.1) is 39.4 Å². The van der Waals surface area contributed by atoms with E-state index in [0.29, 0.717) is 6.42 Å². The molecule has 4 fully saturated rings. The molecule has 0 aromatic heterocycles. The van der Waals surface area contributed by atoms with Crippen LogP contribution in [-0.4, -0.2) is 55.8 Å². The van der Waals surface area contributed by atoms with Crippen molar-refractivity contribution in [1.82, 2.24) is 0 Å². The van der Waals surface area contributed by atoms with Crippen LogP contribution >= 0.6 is 0 Å². The molecule has 4 saturated carbocycles. The van der Waals surface area contributed by atoms with E-state index in [1.54, 1.807) is 30.3 Å². The fraction of sp³-hybridized carbons (Fsp3) is 0.632. The largest absolute Gasteiger partial charge is 0.390 e. The minimum absolute atomic E-state index is 0.0619. The molecule has 0 amide bonds. The van der Waals surface area contributed by atoms with Gasteiger partial charge in [-0.3, -0.25) is 19.2 Å². The minimum atomic E-state index is -2.38. The highest BCUT2D eigenvalue weighted by Crippen LogP contribution is 2.73. The lowest BCUT2D eigenvalue weighted by atomic mass is 9.36. The number of hydrogen-bond donors (Lipinski definition) is 3. The maximum atomic E-state index is 15.6. The van der Waals surface area contributed by atoms with Crippen LogP contribution in [-0.2, 0) is 14.4 Å². The first-order chi connectivity index (χ1) is 20.5. The van der Waals surface area contributed by atoms with Crippen LogP contribution in [0.3, 0.4) is 0 Å². The van der Waals surface area contributed by atoms with E-state index >= 15 is 19.2 Å². The number of ketones is 4. The molecule has 246 valence electrons. The lowest BCUT2D eigenvalue weighted by molar-refractivity contribution is -0.194. The Morgan fingerprint density at radius 3 is 2.04 bits per heavy atom. The van der Waals surface area contributed by atoms with Crippen LogP contribution in [0.4, 0.5) is 0 Å². The molecule has 4 bridgehead atoms. The molecular weight excluding hydrogens is 568 g/mol. The van der Waals surface area contributed by atoms with Crippen molar-refractivity contribution in [2.75, 3.05) is 0 Å². The van der Waals surface area contributed by atoms with Gasteiger partial charge < -0.3 is 15.3 Å². The summed E-state index contributed by atoms with van der Waals surface area (Å²) >= 11 is 0. The zero-order valence-electron chi connectivity index (χ0n) is 28.5. The lowest BCUT2D eigenvalue weighted by Crippen LogP contribution is -2.76. The molecule has 1 aromatic rings. The summed E-state index contributed by atoms with van der Waals surface area (Å²) in [5.41, 5.74) is -8.55. The quantitative estimate of drug-likeness (QED) is 0.161. The molecule has 0 spiro atoms. The number of fused-ring (bicyclic) bond motifs is 1. The van der Waals surface area contributed by atoms with Crippen LogP contribution in [0.5, 0.6) is 0 Å². The van der Waals surface area contributed by atoms with Gasteiger partial charge in [0.2, 0.25) is 0 Å². The fourth-order valence-electron chi connectivity index (χ4n) is 8.90. The summed E-state index contributed by atoms with van der Waals surface area (Å²) in [4.78, 5) is 61.5. The van der Waals surface area contributed by atoms with E-state index in [2.05, 4.69) is 6.58 Å². The van der Waals surface area contributed by atoms with E-state index in [1.165, 1.54) is 27.7 Å². The predicted octanol–water partition coefficient (Wildman–Crippen LogP) is 5.85. The molecule has 0 heterocycles. The van der Waals surface area contributed by atoms with Crippen LogP contribution in [0.25, 0.3) is 0 Å². The average Bonchev–Trinajstić information content (AvgIpc) is 3.06.